The minimum absolute atomic E-state index is 0.0955. The van der Waals surface area contributed by atoms with Crippen LogP contribution in [0.5, 0.6) is 0 Å². The van der Waals surface area contributed by atoms with Crippen LogP contribution in [-0.4, -0.2) is 66.5 Å². The van der Waals surface area contributed by atoms with Gasteiger partial charge in [0.15, 0.2) is 5.60 Å². The fraction of sp³-hybridized carbons (Fsp3) is 0.471. The van der Waals surface area contributed by atoms with Crippen LogP contribution in [0, 0.1) is 5.82 Å². The van der Waals surface area contributed by atoms with Crippen molar-refractivity contribution in [3.05, 3.63) is 35.6 Å². The topological polar surface area (TPSA) is 78.9 Å². The van der Waals surface area contributed by atoms with Crippen molar-refractivity contribution < 1.29 is 23.5 Å². The molecule has 7 nitrogen and oxygen atoms in total. The second kappa shape index (κ2) is 6.70. The molecule has 1 aromatic rings. The van der Waals surface area contributed by atoms with E-state index >= 15 is 0 Å². The second-order valence-electron chi connectivity index (χ2n) is 6.49. The largest absolute Gasteiger partial charge is 0.439 e. The summed E-state index contributed by atoms with van der Waals surface area (Å²) < 4.78 is 18.2. The van der Waals surface area contributed by atoms with Crippen LogP contribution in [0.25, 0.3) is 0 Å². The van der Waals surface area contributed by atoms with Crippen molar-refractivity contribution in [1.29, 1.82) is 0 Å². The summed E-state index contributed by atoms with van der Waals surface area (Å²) in [7, 11) is 1.67. The molecule has 0 radical (unpaired) electrons. The smallest absolute Gasteiger partial charge is 0.410 e. The first-order valence-corrected chi connectivity index (χ1v) is 8.14. The second-order valence-corrected chi connectivity index (χ2v) is 6.49. The number of halogens is 1. The zero-order valence-electron chi connectivity index (χ0n) is 14.0. The van der Waals surface area contributed by atoms with Crippen molar-refractivity contribution >= 4 is 17.9 Å². The third kappa shape index (κ3) is 3.72. The average molecular weight is 349 g/mol. The van der Waals surface area contributed by atoms with Gasteiger partial charge in [-0.25, -0.2) is 9.18 Å². The monoisotopic (exact) mass is 349 g/mol. The quantitative estimate of drug-likeness (QED) is 0.880. The van der Waals surface area contributed by atoms with E-state index in [2.05, 4.69) is 5.32 Å². The maximum Gasteiger partial charge on any atom is 0.410 e. The van der Waals surface area contributed by atoms with Crippen LogP contribution in [0.1, 0.15) is 23.2 Å². The Kier molecular flexibility index (Phi) is 4.61. The first kappa shape index (κ1) is 17.2. The Labute approximate surface area is 144 Å². The predicted molar refractivity (Wildman–Crippen MR) is 86.4 cm³/mol. The van der Waals surface area contributed by atoms with Gasteiger partial charge in [0, 0.05) is 38.5 Å². The summed E-state index contributed by atoms with van der Waals surface area (Å²) >= 11 is 0. The molecule has 0 saturated carbocycles. The molecule has 2 fully saturated rings. The van der Waals surface area contributed by atoms with Crippen molar-refractivity contribution in [1.82, 2.24) is 15.1 Å². The van der Waals surface area contributed by atoms with Crippen molar-refractivity contribution in [3.8, 4) is 0 Å². The number of ether oxygens (including phenoxy) is 1. The highest BCUT2D eigenvalue weighted by Gasteiger charge is 2.49. The summed E-state index contributed by atoms with van der Waals surface area (Å²) in [5.74, 6) is -0.855. The van der Waals surface area contributed by atoms with Gasteiger partial charge >= 0.3 is 6.09 Å². The van der Waals surface area contributed by atoms with E-state index in [1.807, 2.05) is 0 Å². The number of rotatable bonds is 4. The van der Waals surface area contributed by atoms with Gasteiger partial charge in [-0.2, -0.15) is 0 Å². The summed E-state index contributed by atoms with van der Waals surface area (Å²) in [5.41, 5.74) is -0.256. The van der Waals surface area contributed by atoms with E-state index in [1.54, 1.807) is 11.9 Å². The minimum atomic E-state index is -0.598. The van der Waals surface area contributed by atoms with Crippen molar-refractivity contribution in [2.75, 3.05) is 33.2 Å². The molecule has 2 aliphatic rings. The molecule has 0 aliphatic carbocycles. The fourth-order valence-corrected chi connectivity index (χ4v) is 3.21. The average Bonchev–Trinajstić information content (AvgIpc) is 3.10. The summed E-state index contributed by atoms with van der Waals surface area (Å²) in [6, 6.07) is 5.20. The zero-order valence-corrected chi connectivity index (χ0v) is 14.0. The number of hydrogen-bond donors (Lipinski definition) is 1. The first-order valence-electron chi connectivity index (χ1n) is 8.14. The van der Waals surface area contributed by atoms with Gasteiger partial charge in [-0.15, -0.1) is 0 Å². The van der Waals surface area contributed by atoms with Crippen LogP contribution < -0.4 is 5.32 Å². The number of amides is 3. The standard InChI is InChI=1S/C17H20FN3O4/c1-20-10-17(25-16(20)24)7-9-21(11-17)14(22)6-8-19-15(23)12-2-4-13(18)5-3-12/h2-5H,6-11H2,1H3,(H,19,23). The van der Waals surface area contributed by atoms with Gasteiger partial charge in [-0.1, -0.05) is 0 Å². The van der Waals surface area contributed by atoms with E-state index in [0.717, 1.165) is 0 Å². The molecular formula is C17H20FN3O4. The van der Waals surface area contributed by atoms with Gasteiger partial charge in [0.05, 0.1) is 13.1 Å². The highest BCUT2D eigenvalue weighted by atomic mass is 19.1. The van der Waals surface area contributed by atoms with Crippen LogP contribution in [0.15, 0.2) is 24.3 Å². The van der Waals surface area contributed by atoms with Crippen LogP contribution in [0.2, 0.25) is 0 Å². The molecule has 8 heteroatoms. The SMILES string of the molecule is CN1CC2(CCN(C(=O)CCNC(=O)c3ccc(F)cc3)C2)OC1=O. The number of hydrogen-bond acceptors (Lipinski definition) is 4. The number of carbonyl (C=O) groups is 3. The summed E-state index contributed by atoms with van der Waals surface area (Å²) in [5, 5.41) is 2.65. The van der Waals surface area contributed by atoms with Crippen molar-refractivity contribution in [3.63, 3.8) is 0 Å². The Balaban J connectivity index is 1.45. The third-order valence-electron chi connectivity index (χ3n) is 4.54. The predicted octanol–water partition coefficient (Wildman–Crippen LogP) is 0.999. The van der Waals surface area contributed by atoms with Gasteiger partial charge in [0.25, 0.3) is 5.91 Å². The molecule has 3 amide bonds. The van der Waals surface area contributed by atoms with Gasteiger partial charge < -0.3 is 19.9 Å². The number of carbonyl (C=O) groups excluding carboxylic acids is 3. The first-order chi connectivity index (χ1) is 11.9. The van der Waals surface area contributed by atoms with Crippen LogP contribution in [0.4, 0.5) is 9.18 Å². The summed E-state index contributed by atoms with van der Waals surface area (Å²) in [6.45, 7) is 1.59. The molecule has 0 bridgehead atoms. The molecule has 1 atom stereocenters. The van der Waals surface area contributed by atoms with E-state index in [4.69, 9.17) is 4.74 Å². The number of benzene rings is 1. The number of nitrogens with one attached hydrogen (secondary N) is 1. The van der Waals surface area contributed by atoms with Gasteiger partial charge in [-0.05, 0) is 24.3 Å². The van der Waals surface area contributed by atoms with Crippen LogP contribution in [-0.2, 0) is 9.53 Å². The molecule has 2 saturated heterocycles. The Hall–Kier alpha value is -2.64. The Morgan fingerprint density at radius 3 is 2.64 bits per heavy atom. The molecule has 1 spiro atoms. The number of likely N-dealkylation sites (tertiary alicyclic amines) is 1. The third-order valence-corrected chi connectivity index (χ3v) is 4.54. The highest BCUT2D eigenvalue weighted by Crippen LogP contribution is 2.31. The van der Waals surface area contributed by atoms with Crippen LogP contribution >= 0.6 is 0 Å². The molecule has 2 heterocycles. The lowest BCUT2D eigenvalue weighted by atomic mass is 10.0. The van der Waals surface area contributed by atoms with Crippen LogP contribution in [0.3, 0.4) is 0 Å². The molecule has 1 N–H and O–H groups in total. The molecule has 25 heavy (non-hydrogen) atoms. The van der Waals surface area contributed by atoms with E-state index in [0.29, 0.717) is 31.6 Å². The molecular weight excluding hydrogens is 329 g/mol. The molecule has 2 aliphatic heterocycles. The van der Waals surface area contributed by atoms with E-state index in [-0.39, 0.29) is 30.9 Å². The van der Waals surface area contributed by atoms with Gasteiger partial charge in [0.2, 0.25) is 5.91 Å². The summed E-state index contributed by atoms with van der Waals surface area (Å²) in [6.07, 6.45) is 0.421. The number of likely N-dealkylation sites (N-methyl/N-ethyl adjacent to an activating group) is 1. The normalized spacial score (nSPS) is 22.4. The highest BCUT2D eigenvalue weighted by molar-refractivity contribution is 5.94. The lowest BCUT2D eigenvalue weighted by molar-refractivity contribution is -0.130. The molecule has 1 unspecified atom stereocenters. The van der Waals surface area contributed by atoms with E-state index in [9.17, 15) is 18.8 Å². The number of nitrogens with zero attached hydrogens (tertiary/aromatic N) is 2. The van der Waals surface area contributed by atoms with E-state index in [1.165, 1.54) is 29.2 Å². The lowest BCUT2D eigenvalue weighted by Gasteiger charge is -2.21. The maximum absolute atomic E-state index is 12.8. The van der Waals surface area contributed by atoms with Gasteiger partial charge in [0.1, 0.15) is 5.82 Å². The minimum Gasteiger partial charge on any atom is -0.439 e. The molecule has 3 rings (SSSR count). The summed E-state index contributed by atoms with van der Waals surface area (Å²) in [4.78, 5) is 38.9. The molecule has 1 aromatic carbocycles. The maximum atomic E-state index is 12.8. The van der Waals surface area contributed by atoms with Gasteiger partial charge in [-0.3, -0.25) is 9.59 Å². The van der Waals surface area contributed by atoms with Crippen molar-refractivity contribution in [2.24, 2.45) is 0 Å². The molecule has 134 valence electrons. The van der Waals surface area contributed by atoms with E-state index < -0.39 is 11.4 Å². The fourth-order valence-electron chi connectivity index (χ4n) is 3.21. The zero-order chi connectivity index (χ0) is 18.0. The lowest BCUT2D eigenvalue weighted by Crippen LogP contribution is -2.40. The molecule has 0 aromatic heterocycles. The Bertz CT molecular complexity index is 694. The Morgan fingerprint density at radius 1 is 1.28 bits per heavy atom. The van der Waals surface area contributed by atoms with Crippen molar-refractivity contribution in [2.45, 2.75) is 18.4 Å². The Morgan fingerprint density at radius 2 is 2.00 bits per heavy atom.